The molecular formula is C26H14F7N3O. The van der Waals surface area contributed by atoms with Gasteiger partial charge in [0.05, 0.1) is 17.7 Å². The Morgan fingerprint density at radius 1 is 0.838 bits per heavy atom. The predicted molar refractivity (Wildman–Crippen MR) is 119 cm³/mol. The van der Waals surface area contributed by atoms with Crippen molar-refractivity contribution in [3.05, 3.63) is 107 Å². The lowest BCUT2D eigenvalue weighted by Gasteiger charge is -2.15. The molecule has 11 heteroatoms. The Morgan fingerprint density at radius 2 is 1.43 bits per heavy atom. The second kappa shape index (κ2) is 9.89. The molecule has 0 radical (unpaired) electrons. The van der Waals surface area contributed by atoms with Crippen LogP contribution >= 0.6 is 0 Å². The number of hydrogen-bond donors (Lipinski definition) is 0. The van der Waals surface area contributed by atoms with Crippen LogP contribution in [0.25, 0.3) is 11.3 Å². The first kappa shape index (κ1) is 25.6. The fourth-order valence-electron chi connectivity index (χ4n) is 3.46. The number of Topliss-reactive ketones (excluding diaryl/α,β-unsaturated/α-hetero) is 1. The number of carbonyl (C=O) groups excluding carboxylic acids is 1. The van der Waals surface area contributed by atoms with E-state index in [0.717, 1.165) is 16.8 Å². The van der Waals surface area contributed by atoms with E-state index in [9.17, 15) is 35.5 Å². The van der Waals surface area contributed by atoms with Crippen LogP contribution in [0.5, 0.6) is 0 Å². The van der Waals surface area contributed by atoms with Gasteiger partial charge in [0.2, 0.25) is 0 Å². The molecule has 0 aliphatic rings. The van der Waals surface area contributed by atoms with Crippen molar-refractivity contribution in [2.24, 2.45) is 0 Å². The number of halogens is 7. The molecule has 0 aliphatic carbocycles. The van der Waals surface area contributed by atoms with Crippen LogP contribution in [-0.4, -0.2) is 20.8 Å². The van der Waals surface area contributed by atoms with Crippen molar-refractivity contribution in [1.82, 2.24) is 15.0 Å². The molecule has 0 aliphatic heterocycles. The lowest BCUT2D eigenvalue weighted by molar-refractivity contribution is -0.143. The summed E-state index contributed by atoms with van der Waals surface area (Å²) >= 11 is 0. The summed E-state index contributed by atoms with van der Waals surface area (Å²) in [5, 5.41) is 7.64. The number of rotatable bonds is 4. The first-order valence-electron chi connectivity index (χ1n) is 10.5. The third-order valence-corrected chi connectivity index (χ3v) is 5.14. The third kappa shape index (κ3) is 6.03. The van der Waals surface area contributed by atoms with Gasteiger partial charge in [-0.2, -0.15) is 26.3 Å². The van der Waals surface area contributed by atoms with Crippen LogP contribution in [0.4, 0.5) is 30.7 Å². The van der Waals surface area contributed by atoms with Crippen molar-refractivity contribution in [1.29, 1.82) is 0 Å². The number of carbonyl (C=O) groups is 1. The number of nitrogens with zero attached hydrogens (tertiary/aromatic N) is 3. The lowest BCUT2D eigenvalue weighted by atomic mass is 10.0. The molecule has 1 heterocycles. The zero-order valence-corrected chi connectivity index (χ0v) is 18.5. The minimum atomic E-state index is -5.02. The Morgan fingerprint density at radius 3 is 2.00 bits per heavy atom. The van der Waals surface area contributed by atoms with Crippen LogP contribution in [0.1, 0.15) is 32.7 Å². The lowest BCUT2D eigenvalue weighted by Crippen LogP contribution is -2.13. The number of alkyl halides is 6. The predicted octanol–water partition coefficient (Wildman–Crippen LogP) is 6.40. The molecule has 3 aromatic carbocycles. The van der Waals surface area contributed by atoms with Crippen LogP contribution < -0.4 is 0 Å². The van der Waals surface area contributed by atoms with E-state index < -0.39 is 41.6 Å². The number of hydrogen-bond acceptors (Lipinski definition) is 3. The highest BCUT2D eigenvalue weighted by Crippen LogP contribution is 2.36. The molecule has 0 saturated heterocycles. The van der Waals surface area contributed by atoms with Crippen molar-refractivity contribution < 1.29 is 35.5 Å². The number of ketones is 1. The minimum absolute atomic E-state index is 0.0307. The van der Waals surface area contributed by atoms with Crippen LogP contribution in [0.2, 0.25) is 0 Å². The van der Waals surface area contributed by atoms with Crippen LogP contribution in [0.15, 0.2) is 72.8 Å². The average molecular weight is 517 g/mol. The molecule has 0 fully saturated rings. The topological polar surface area (TPSA) is 47.8 Å². The maximum atomic E-state index is 13.3. The Labute approximate surface area is 205 Å². The number of aromatic nitrogens is 3. The van der Waals surface area contributed by atoms with Gasteiger partial charge in [-0.1, -0.05) is 41.5 Å². The van der Waals surface area contributed by atoms with E-state index in [1.165, 1.54) is 12.1 Å². The van der Waals surface area contributed by atoms with E-state index in [2.05, 4.69) is 22.2 Å². The van der Waals surface area contributed by atoms with Gasteiger partial charge in [0.15, 0.2) is 5.69 Å². The molecule has 37 heavy (non-hydrogen) atoms. The summed E-state index contributed by atoms with van der Waals surface area (Å²) in [5.74, 6) is 3.63. The van der Waals surface area contributed by atoms with E-state index >= 15 is 0 Å². The van der Waals surface area contributed by atoms with Gasteiger partial charge in [-0.3, -0.25) is 4.79 Å². The molecule has 0 bridgehead atoms. The van der Waals surface area contributed by atoms with Gasteiger partial charge in [0, 0.05) is 11.1 Å². The highest BCUT2D eigenvalue weighted by Gasteiger charge is 2.37. The molecule has 4 aromatic rings. The van der Waals surface area contributed by atoms with Gasteiger partial charge in [0.1, 0.15) is 11.5 Å². The van der Waals surface area contributed by atoms with Gasteiger partial charge in [-0.05, 0) is 53.9 Å². The molecule has 188 valence electrons. The monoisotopic (exact) mass is 517 g/mol. The summed E-state index contributed by atoms with van der Waals surface area (Å²) < 4.78 is 93.9. The minimum Gasteiger partial charge on any atom is -0.277 e. The van der Waals surface area contributed by atoms with Gasteiger partial charge < -0.3 is 0 Å². The largest absolute Gasteiger partial charge is 0.416 e. The Bertz CT molecular complexity index is 1460. The van der Waals surface area contributed by atoms with Crippen molar-refractivity contribution in [2.45, 2.75) is 18.9 Å². The van der Waals surface area contributed by atoms with Crippen molar-refractivity contribution in [2.75, 3.05) is 0 Å². The zero-order valence-electron chi connectivity index (χ0n) is 18.5. The Balaban J connectivity index is 1.78. The second-order valence-corrected chi connectivity index (χ2v) is 7.81. The Kier molecular flexibility index (Phi) is 6.85. The summed E-state index contributed by atoms with van der Waals surface area (Å²) in [6.07, 6.45) is -10.0. The summed E-state index contributed by atoms with van der Waals surface area (Å²) in [6, 6.07) is 14.3. The fraction of sp³-hybridized carbons (Fsp3) is 0.115. The van der Waals surface area contributed by atoms with Crippen molar-refractivity contribution in [3.63, 3.8) is 0 Å². The van der Waals surface area contributed by atoms with Crippen molar-refractivity contribution in [3.8, 4) is 23.1 Å². The SMILES string of the molecule is O=C(C#Cc1ccc(F)cc1)c1nnn(Cc2cc(C(F)(F)F)cc(C(F)(F)F)c2)c1-c1ccccc1. The third-order valence-electron chi connectivity index (χ3n) is 5.14. The van der Waals surface area contributed by atoms with Gasteiger partial charge in [-0.25, -0.2) is 9.07 Å². The highest BCUT2D eigenvalue weighted by molar-refractivity contribution is 6.11. The van der Waals surface area contributed by atoms with Crippen LogP contribution in [-0.2, 0) is 18.9 Å². The molecule has 0 spiro atoms. The molecule has 0 N–H and O–H groups in total. The molecule has 0 atom stereocenters. The molecule has 0 saturated carbocycles. The van der Waals surface area contributed by atoms with Gasteiger partial charge in [-0.15, -0.1) is 5.10 Å². The van der Waals surface area contributed by atoms with E-state index in [1.54, 1.807) is 30.3 Å². The summed E-state index contributed by atoms with van der Waals surface area (Å²) in [6.45, 7) is -0.539. The first-order valence-corrected chi connectivity index (χ1v) is 10.5. The van der Waals surface area contributed by atoms with Gasteiger partial charge >= 0.3 is 12.4 Å². The van der Waals surface area contributed by atoms with E-state index in [0.29, 0.717) is 23.3 Å². The maximum absolute atomic E-state index is 13.3. The molecule has 0 amide bonds. The highest BCUT2D eigenvalue weighted by atomic mass is 19.4. The number of benzene rings is 3. The van der Waals surface area contributed by atoms with E-state index in [1.807, 2.05) is 0 Å². The molecule has 4 rings (SSSR count). The quantitative estimate of drug-likeness (QED) is 0.179. The second-order valence-electron chi connectivity index (χ2n) is 7.81. The molecule has 1 aromatic heterocycles. The summed E-state index contributed by atoms with van der Waals surface area (Å²) in [4.78, 5) is 12.9. The normalized spacial score (nSPS) is 11.6. The van der Waals surface area contributed by atoms with Crippen molar-refractivity contribution >= 4 is 5.78 Å². The van der Waals surface area contributed by atoms with Crippen LogP contribution in [0, 0.1) is 17.7 Å². The van der Waals surface area contributed by atoms with Gasteiger partial charge in [0.25, 0.3) is 5.78 Å². The average Bonchev–Trinajstić information content (AvgIpc) is 3.26. The standard InChI is InChI=1S/C26H14F7N3O/c27-21-9-6-16(7-10-21)8-11-22(37)23-24(18-4-2-1-3-5-18)36(35-34-23)15-17-12-19(25(28,29)30)14-20(13-17)26(31,32)33/h1-7,9-10,12-14H,15H2. The fourth-order valence-corrected chi connectivity index (χ4v) is 3.46. The summed E-state index contributed by atoms with van der Waals surface area (Å²) in [7, 11) is 0. The van der Waals surface area contributed by atoms with Crippen LogP contribution in [0.3, 0.4) is 0 Å². The Hall–Kier alpha value is -4.46. The zero-order chi connectivity index (χ0) is 26.8. The molecule has 4 nitrogen and oxygen atoms in total. The van der Waals surface area contributed by atoms with E-state index in [-0.39, 0.29) is 23.0 Å². The van der Waals surface area contributed by atoms with E-state index in [4.69, 9.17) is 0 Å². The maximum Gasteiger partial charge on any atom is 0.416 e. The summed E-state index contributed by atoms with van der Waals surface area (Å²) in [5.41, 5.74) is -2.75. The first-order chi connectivity index (χ1) is 17.4. The smallest absolute Gasteiger partial charge is 0.277 e. The molecule has 0 unspecified atom stereocenters. The molecular weight excluding hydrogens is 503 g/mol.